The highest BCUT2D eigenvalue weighted by molar-refractivity contribution is 6.04. The molecule has 0 radical (unpaired) electrons. The van der Waals surface area contributed by atoms with Crippen molar-refractivity contribution in [3.63, 3.8) is 0 Å². The topological polar surface area (TPSA) is 333 Å². The summed E-state index contributed by atoms with van der Waals surface area (Å²) in [6.45, 7) is 4.90. The highest BCUT2D eigenvalue weighted by Crippen LogP contribution is 2.33. The summed E-state index contributed by atoms with van der Waals surface area (Å²) in [5.74, 6) is -9.21. The van der Waals surface area contributed by atoms with E-state index in [1.54, 1.807) is 97.1 Å². The summed E-state index contributed by atoms with van der Waals surface area (Å²) in [4.78, 5) is 91.1. The molecular weight excluding hydrogens is 1710 g/mol. The second-order valence-electron chi connectivity index (χ2n) is 30.9. The Kier molecular flexibility index (Phi) is 27.4. The normalized spacial score (nSPS) is 14.1. The fourth-order valence-corrected chi connectivity index (χ4v) is 15.6. The highest BCUT2D eigenvalue weighted by Gasteiger charge is 2.29. The van der Waals surface area contributed by atoms with E-state index in [2.05, 4.69) is 76.2 Å². The van der Waals surface area contributed by atoms with Crippen molar-refractivity contribution in [3.05, 3.63) is 320 Å². The maximum Gasteiger partial charge on any atom is 0.272 e. The van der Waals surface area contributed by atoms with Gasteiger partial charge >= 0.3 is 0 Å². The molecule has 0 bridgehead atoms. The van der Waals surface area contributed by atoms with Crippen LogP contribution in [-0.2, 0) is 4.74 Å². The summed E-state index contributed by atoms with van der Waals surface area (Å²) < 4.78 is 151. The highest BCUT2D eigenvalue weighted by atomic mass is 19.2. The Morgan fingerprint density at radius 2 is 0.817 bits per heavy atom. The Morgan fingerprint density at radius 1 is 0.405 bits per heavy atom. The molecular formula is C93H83F10N22O6+. The molecule has 4 fully saturated rings. The first kappa shape index (κ1) is 88.7. The third kappa shape index (κ3) is 20.2. The number of rotatable bonds is 20. The van der Waals surface area contributed by atoms with E-state index in [1.165, 1.54) is 128 Å². The largest absolute Gasteiger partial charge is 0.376 e. The summed E-state index contributed by atoms with van der Waals surface area (Å²) >= 11 is 0. The van der Waals surface area contributed by atoms with Gasteiger partial charge in [0.05, 0.1) is 65.3 Å². The van der Waals surface area contributed by atoms with Crippen molar-refractivity contribution in [1.82, 2.24) is 99.0 Å². The monoisotopic (exact) mass is 1790 g/mol. The Labute approximate surface area is 739 Å². The van der Waals surface area contributed by atoms with Crippen LogP contribution in [0.5, 0.6) is 0 Å². The zero-order valence-corrected chi connectivity index (χ0v) is 69.7. The number of hydrogen-bond donors (Lipinski definition) is 9. The molecule has 28 nitrogen and oxygen atoms in total. The van der Waals surface area contributed by atoms with E-state index >= 15 is 0 Å². The molecule has 6 aromatic carbocycles. The molecule has 0 unspecified atom stereocenters. The van der Waals surface area contributed by atoms with Crippen LogP contribution in [-0.4, -0.2) is 170 Å². The number of H-pyrrole nitrogens is 6. The molecule has 4 aliphatic rings. The predicted molar refractivity (Wildman–Crippen MR) is 461 cm³/mol. The molecule has 13 heterocycles. The van der Waals surface area contributed by atoms with Crippen LogP contribution in [0.15, 0.2) is 233 Å². The SMILES string of the molecule is O=C(NCC1CCCC1)c1cc(-c2cncn2-c2cccc(F)c2F)c[nH]1.O=C(NC[C@@H]1CCCO1)c1cc(-c2cncn2-c2cccc(F)c2F)c[nH]1.O=C(Nc1ccccc1)c1cc(-c2nncn2-c2cccc(F)c2F)c[nH]1.O=C(c1cc(-c2c[nH]c[n+]2-c2cccc(F)c2F)c[nH]1)N1CCCC1.O=C(c1cc(-c2nncn2-c2cccc(F)c2F)c[nH]1)N1CCCC1. The fraction of sp³-hybridized carbons (Fsp3) is 0.204. The number of para-hydroxylation sites is 1. The minimum atomic E-state index is -1.00. The van der Waals surface area contributed by atoms with Gasteiger partial charge in [-0.25, -0.2) is 54.5 Å². The van der Waals surface area contributed by atoms with Gasteiger partial charge in [0.1, 0.15) is 47.3 Å². The molecule has 9 N–H and O–H groups in total. The van der Waals surface area contributed by atoms with E-state index < -0.39 is 58.2 Å². The smallest absolute Gasteiger partial charge is 0.272 e. The first-order valence-electron chi connectivity index (χ1n) is 41.9. The Hall–Kier alpha value is -15.8. The van der Waals surface area contributed by atoms with Gasteiger partial charge in [0.2, 0.25) is 12.1 Å². The molecule has 670 valence electrons. The molecule has 10 aromatic heterocycles. The van der Waals surface area contributed by atoms with E-state index in [9.17, 15) is 67.9 Å². The number of aromatic amines is 6. The minimum absolute atomic E-state index is 0.00798. The lowest BCUT2D eigenvalue weighted by Gasteiger charge is -2.13. The number of halogens is 10. The van der Waals surface area contributed by atoms with E-state index in [1.807, 2.05) is 23.1 Å². The average molecular weight is 1790 g/mol. The Bertz CT molecular complexity index is 6410. The summed E-state index contributed by atoms with van der Waals surface area (Å²) in [7, 11) is 0. The Morgan fingerprint density at radius 3 is 1.30 bits per heavy atom. The molecule has 1 aliphatic carbocycles. The first-order valence-corrected chi connectivity index (χ1v) is 41.9. The van der Waals surface area contributed by atoms with Crippen molar-refractivity contribution in [2.75, 3.05) is 51.2 Å². The number of hydrogen-bond acceptors (Lipinski definition) is 12. The number of nitrogens with zero attached hydrogens (tertiary/aromatic N) is 13. The lowest BCUT2D eigenvalue weighted by molar-refractivity contribution is -0.584. The number of anilines is 1. The quantitative estimate of drug-likeness (QED) is 0.0254. The van der Waals surface area contributed by atoms with Crippen LogP contribution in [0.1, 0.15) is 117 Å². The van der Waals surface area contributed by atoms with Gasteiger partial charge in [-0.3, -0.25) is 42.2 Å². The molecule has 3 saturated heterocycles. The lowest BCUT2D eigenvalue weighted by atomic mass is 10.1. The average Bonchev–Trinajstić information content (AvgIpc) is 1.67. The Balaban J connectivity index is 0.000000120. The molecule has 1 atom stereocenters. The van der Waals surface area contributed by atoms with E-state index in [0.29, 0.717) is 104 Å². The van der Waals surface area contributed by atoms with Crippen LogP contribution in [0.25, 0.3) is 85.0 Å². The third-order valence-corrected chi connectivity index (χ3v) is 22.4. The standard InChI is InChI=1S/C20H20F2N4O.C19H13F2N5O.C19H18F2N4O2.C18H16F2N4O.C17H15F2N5O/c21-15-6-3-7-17(19(15)22)26-12-23-11-18(26)14-8-16(24-10-14)20(27)25-9-13-4-1-2-5-13;20-14-7-4-8-16(17(14)21)26-11-23-25-18(26)12-9-15(22-10-12)19(27)24-13-5-2-1-3-6-13;20-14-4-1-5-16(18(14)21)25-11-22-10-17(25)12-7-15(23-8-12)19(26)24-9-13-3-2-6-27-13;19-13-4-3-5-15(17(13)20)24-11-21-10-16(24)12-8-14(22-9-12)18(25)23-6-1-2-7-23;18-12-4-3-5-14(15(12)19)24-10-21-22-16(24)11-8-13(20-9-11)17(25)23-6-1-2-7-23/h3,6-8,10-13,24H,1-2,4-5,9H2,(H,25,27);1-11,22H,(H,24,27);1,4-5,7-8,10-11,13,23H,2-3,6,9H2,(H,24,26);3-5,8-11H,1-2,6-7H2,(H,22,25);3-5,8-10,20H,1-2,6-7H2/p+1/t;;13-;;/m..0../s1. The molecule has 131 heavy (non-hydrogen) atoms. The van der Waals surface area contributed by atoms with Crippen molar-refractivity contribution in [1.29, 1.82) is 0 Å². The lowest BCUT2D eigenvalue weighted by Crippen LogP contribution is -2.32. The van der Waals surface area contributed by atoms with Crippen molar-refractivity contribution in [2.24, 2.45) is 5.92 Å². The maximum atomic E-state index is 14.1. The van der Waals surface area contributed by atoms with Crippen LogP contribution >= 0.6 is 0 Å². The van der Waals surface area contributed by atoms with E-state index in [4.69, 9.17) is 4.74 Å². The molecule has 38 heteroatoms. The van der Waals surface area contributed by atoms with Gasteiger partial charge in [-0.1, -0.05) is 61.4 Å². The fourth-order valence-electron chi connectivity index (χ4n) is 15.6. The van der Waals surface area contributed by atoms with Crippen molar-refractivity contribution >= 4 is 35.2 Å². The number of aromatic nitrogens is 17. The summed E-state index contributed by atoms with van der Waals surface area (Å²) in [5.41, 5.74) is 7.70. The number of likely N-dealkylation sites (tertiary alicyclic amines) is 2. The van der Waals surface area contributed by atoms with Crippen LogP contribution in [0.3, 0.4) is 0 Å². The van der Waals surface area contributed by atoms with Crippen LogP contribution in [0.2, 0.25) is 0 Å². The van der Waals surface area contributed by atoms with Gasteiger partial charge in [0.25, 0.3) is 29.5 Å². The number of imidazole rings is 3. The zero-order valence-electron chi connectivity index (χ0n) is 69.7. The number of carbonyl (C=O) groups excluding carboxylic acids is 5. The number of carbonyl (C=O) groups is 5. The zero-order chi connectivity index (χ0) is 91.2. The second kappa shape index (κ2) is 40.5. The number of ether oxygens (including phenoxy) is 1. The van der Waals surface area contributed by atoms with Gasteiger partial charge in [0.15, 0.2) is 75.4 Å². The first-order chi connectivity index (χ1) is 63.7. The van der Waals surface area contributed by atoms with Crippen molar-refractivity contribution < 1.29 is 77.2 Å². The predicted octanol–water partition coefficient (Wildman–Crippen LogP) is 16.5. The van der Waals surface area contributed by atoms with Gasteiger partial charge < -0.3 is 55.4 Å². The van der Waals surface area contributed by atoms with Gasteiger partial charge in [-0.15, -0.1) is 20.4 Å². The van der Waals surface area contributed by atoms with E-state index in [0.717, 1.165) is 114 Å². The summed E-state index contributed by atoms with van der Waals surface area (Å²) in [6.07, 6.45) is 30.7. The molecule has 5 amide bonds. The molecule has 1 saturated carbocycles. The van der Waals surface area contributed by atoms with Crippen molar-refractivity contribution in [2.45, 2.75) is 70.3 Å². The molecule has 20 rings (SSSR count). The maximum absolute atomic E-state index is 14.1. The van der Waals surface area contributed by atoms with Crippen LogP contribution < -0.4 is 20.5 Å². The van der Waals surface area contributed by atoms with Crippen LogP contribution in [0.4, 0.5) is 49.6 Å². The molecule has 0 spiro atoms. The number of benzene rings is 6. The number of amides is 5. The van der Waals surface area contributed by atoms with Gasteiger partial charge in [0, 0.05) is 110 Å². The summed E-state index contributed by atoms with van der Waals surface area (Å²) in [5, 5.41) is 24.1. The van der Waals surface area contributed by atoms with Gasteiger partial charge in [-0.05, 0) is 160 Å². The van der Waals surface area contributed by atoms with Gasteiger partial charge in [-0.2, -0.15) is 8.96 Å². The van der Waals surface area contributed by atoms with Crippen molar-refractivity contribution in [3.8, 4) is 85.0 Å². The summed E-state index contributed by atoms with van der Waals surface area (Å²) in [6, 6.07) is 37.0. The van der Waals surface area contributed by atoms with Crippen LogP contribution in [0, 0.1) is 64.1 Å². The second-order valence-corrected chi connectivity index (χ2v) is 30.9. The third-order valence-electron chi connectivity index (χ3n) is 22.4. The number of nitrogens with one attached hydrogen (secondary N) is 9. The van der Waals surface area contributed by atoms with E-state index in [-0.39, 0.29) is 69.9 Å². The minimum Gasteiger partial charge on any atom is -0.376 e. The molecule has 16 aromatic rings. The molecule has 3 aliphatic heterocycles.